The molecule has 2 rings (SSSR count). The minimum atomic E-state index is -0.866. The molecule has 6 nitrogen and oxygen atoms in total. The fourth-order valence-corrected chi connectivity index (χ4v) is 3.10. The van der Waals surface area contributed by atoms with E-state index in [2.05, 4.69) is 10.4 Å². The van der Waals surface area contributed by atoms with E-state index in [0.717, 1.165) is 22.5 Å². The van der Waals surface area contributed by atoms with Crippen LogP contribution in [0.3, 0.4) is 0 Å². The number of carboxylic acid groups (broad SMARTS) is 1. The third-order valence-corrected chi connectivity index (χ3v) is 4.78. The summed E-state index contributed by atoms with van der Waals surface area (Å²) in [5, 5.41) is 16.4. The molecule has 0 radical (unpaired) electrons. The molecule has 1 heterocycles. The molecule has 0 saturated heterocycles. The molecule has 6 heteroatoms. The lowest BCUT2D eigenvalue weighted by atomic mass is 9.96. The number of aromatic nitrogens is 2. The fraction of sp³-hybridized carbons (Fsp3) is 0.450. The first-order chi connectivity index (χ1) is 12.3. The molecule has 2 unspecified atom stereocenters. The molecule has 2 aromatic rings. The van der Waals surface area contributed by atoms with E-state index in [1.807, 2.05) is 62.8 Å². The fourth-order valence-electron chi connectivity index (χ4n) is 3.10. The highest BCUT2D eigenvalue weighted by atomic mass is 16.4. The lowest BCUT2D eigenvalue weighted by Crippen LogP contribution is -2.34. The summed E-state index contributed by atoms with van der Waals surface area (Å²) in [4.78, 5) is 23.7. The average molecular weight is 357 g/mol. The number of amides is 1. The molecular formula is C20H27N3O3. The Morgan fingerprint density at radius 3 is 2.42 bits per heavy atom. The summed E-state index contributed by atoms with van der Waals surface area (Å²) in [5.74, 6) is -1.17. The summed E-state index contributed by atoms with van der Waals surface area (Å²) >= 11 is 0. The Bertz CT molecular complexity index is 768. The van der Waals surface area contributed by atoms with Crippen LogP contribution >= 0.6 is 0 Å². The van der Waals surface area contributed by atoms with Crippen LogP contribution in [-0.2, 0) is 23.1 Å². The van der Waals surface area contributed by atoms with E-state index < -0.39 is 5.97 Å². The number of benzene rings is 1. The second-order valence-corrected chi connectivity index (χ2v) is 6.78. The van der Waals surface area contributed by atoms with E-state index in [9.17, 15) is 9.59 Å². The van der Waals surface area contributed by atoms with Gasteiger partial charge in [-0.25, -0.2) is 0 Å². The molecule has 140 valence electrons. The van der Waals surface area contributed by atoms with Gasteiger partial charge >= 0.3 is 5.97 Å². The highest BCUT2D eigenvalue weighted by Crippen LogP contribution is 2.21. The third-order valence-electron chi connectivity index (χ3n) is 4.78. The number of rotatable bonds is 8. The van der Waals surface area contributed by atoms with Gasteiger partial charge < -0.3 is 10.4 Å². The van der Waals surface area contributed by atoms with E-state index in [1.54, 1.807) is 0 Å². The number of hydrogen-bond donors (Lipinski definition) is 2. The van der Waals surface area contributed by atoms with Gasteiger partial charge in [0, 0.05) is 25.1 Å². The molecule has 26 heavy (non-hydrogen) atoms. The van der Waals surface area contributed by atoms with Crippen LogP contribution in [0.1, 0.15) is 48.3 Å². The maximum atomic E-state index is 12.7. The zero-order valence-corrected chi connectivity index (χ0v) is 15.8. The largest absolute Gasteiger partial charge is 0.481 e. The Hall–Kier alpha value is -2.63. The SMILES string of the molecule is Cc1nn(C)c(C)c1CC(C)C(=O)NC(CCC(=O)O)c1ccccc1. The zero-order chi connectivity index (χ0) is 19.3. The Kier molecular flexibility index (Phi) is 6.55. The number of carboxylic acids is 1. The minimum absolute atomic E-state index is 0.00897. The highest BCUT2D eigenvalue weighted by molar-refractivity contribution is 5.79. The van der Waals surface area contributed by atoms with E-state index in [1.165, 1.54) is 0 Å². The maximum absolute atomic E-state index is 12.7. The summed E-state index contributed by atoms with van der Waals surface area (Å²) in [6.07, 6.45) is 0.982. The van der Waals surface area contributed by atoms with Gasteiger partial charge in [0.05, 0.1) is 11.7 Å². The van der Waals surface area contributed by atoms with Crippen LogP contribution in [0.2, 0.25) is 0 Å². The first kappa shape index (κ1) is 19.7. The Morgan fingerprint density at radius 1 is 1.23 bits per heavy atom. The van der Waals surface area contributed by atoms with Gasteiger partial charge in [0.25, 0.3) is 0 Å². The van der Waals surface area contributed by atoms with E-state index in [-0.39, 0.29) is 24.3 Å². The minimum Gasteiger partial charge on any atom is -0.481 e. The summed E-state index contributed by atoms with van der Waals surface area (Å²) < 4.78 is 1.83. The van der Waals surface area contributed by atoms with Crippen molar-refractivity contribution in [3.63, 3.8) is 0 Å². The first-order valence-electron chi connectivity index (χ1n) is 8.85. The molecule has 1 aromatic heterocycles. The number of aliphatic carboxylic acids is 1. The smallest absolute Gasteiger partial charge is 0.303 e. The maximum Gasteiger partial charge on any atom is 0.303 e. The van der Waals surface area contributed by atoms with Crippen LogP contribution in [0.25, 0.3) is 0 Å². The van der Waals surface area contributed by atoms with Crippen molar-refractivity contribution in [2.24, 2.45) is 13.0 Å². The standard InChI is InChI=1S/C20H27N3O3/c1-13(12-17-14(2)22-23(4)15(17)3)20(26)21-18(10-11-19(24)25)16-8-6-5-7-9-16/h5-9,13,18H,10-12H2,1-4H3,(H,21,26)(H,24,25). The number of aryl methyl sites for hydroxylation is 2. The van der Waals surface area contributed by atoms with E-state index in [0.29, 0.717) is 12.8 Å². The summed E-state index contributed by atoms with van der Waals surface area (Å²) in [7, 11) is 1.90. The van der Waals surface area contributed by atoms with Crippen molar-refractivity contribution in [2.45, 2.75) is 46.1 Å². The molecule has 0 saturated carbocycles. The van der Waals surface area contributed by atoms with Gasteiger partial charge in [-0.2, -0.15) is 5.10 Å². The number of nitrogens with one attached hydrogen (secondary N) is 1. The molecule has 0 aliphatic heterocycles. The average Bonchev–Trinajstić information content (AvgIpc) is 2.85. The van der Waals surface area contributed by atoms with Gasteiger partial charge in [0.1, 0.15) is 0 Å². The first-order valence-corrected chi connectivity index (χ1v) is 8.85. The summed E-state index contributed by atoms with van der Waals surface area (Å²) in [5.41, 5.74) is 4.02. The molecule has 0 aliphatic rings. The summed E-state index contributed by atoms with van der Waals surface area (Å²) in [6.45, 7) is 5.84. The van der Waals surface area contributed by atoms with Crippen molar-refractivity contribution in [3.8, 4) is 0 Å². The normalized spacial score (nSPS) is 13.2. The van der Waals surface area contributed by atoms with Crippen LogP contribution in [-0.4, -0.2) is 26.8 Å². The molecule has 1 aromatic carbocycles. The van der Waals surface area contributed by atoms with Crippen LogP contribution in [0, 0.1) is 19.8 Å². The van der Waals surface area contributed by atoms with Crippen molar-refractivity contribution in [1.29, 1.82) is 0 Å². The number of nitrogens with zero attached hydrogens (tertiary/aromatic N) is 2. The van der Waals surface area contributed by atoms with Crippen LogP contribution in [0.4, 0.5) is 0 Å². The molecule has 0 spiro atoms. The predicted octanol–water partition coefficient (Wildman–Crippen LogP) is 2.94. The number of carbonyl (C=O) groups is 2. The van der Waals surface area contributed by atoms with Gasteiger partial charge in [-0.3, -0.25) is 14.3 Å². The lowest BCUT2D eigenvalue weighted by Gasteiger charge is -2.21. The van der Waals surface area contributed by atoms with Crippen molar-refractivity contribution in [2.75, 3.05) is 0 Å². The molecular weight excluding hydrogens is 330 g/mol. The number of hydrogen-bond acceptors (Lipinski definition) is 3. The Morgan fingerprint density at radius 2 is 1.88 bits per heavy atom. The second-order valence-electron chi connectivity index (χ2n) is 6.78. The van der Waals surface area contributed by atoms with Crippen molar-refractivity contribution >= 4 is 11.9 Å². The third kappa shape index (κ3) is 4.94. The van der Waals surface area contributed by atoms with Crippen LogP contribution < -0.4 is 5.32 Å². The molecule has 0 bridgehead atoms. The predicted molar refractivity (Wildman–Crippen MR) is 99.7 cm³/mol. The summed E-state index contributed by atoms with van der Waals surface area (Å²) in [6, 6.07) is 9.19. The van der Waals surface area contributed by atoms with Gasteiger partial charge in [-0.15, -0.1) is 0 Å². The molecule has 2 N–H and O–H groups in total. The Balaban J connectivity index is 2.08. The topological polar surface area (TPSA) is 84.2 Å². The van der Waals surface area contributed by atoms with Crippen molar-refractivity contribution in [3.05, 3.63) is 52.8 Å². The van der Waals surface area contributed by atoms with Gasteiger partial charge in [-0.1, -0.05) is 37.3 Å². The molecule has 0 aliphatic carbocycles. The monoisotopic (exact) mass is 357 g/mol. The quantitative estimate of drug-likeness (QED) is 0.761. The van der Waals surface area contributed by atoms with Gasteiger partial charge in [-0.05, 0) is 37.8 Å². The highest BCUT2D eigenvalue weighted by Gasteiger charge is 2.22. The lowest BCUT2D eigenvalue weighted by molar-refractivity contribution is -0.137. The van der Waals surface area contributed by atoms with Crippen LogP contribution in [0.15, 0.2) is 30.3 Å². The van der Waals surface area contributed by atoms with Gasteiger partial charge in [0.2, 0.25) is 5.91 Å². The van der Waals surface area contributed by atoms with Crippen molar-refractivity contribution in [1.82, 2.24) is 15.1 Å². The van der Waals surface area contributed by atoms with E-state index >= 15 is 0 Å². The molecule has 0 fully saturated rings. The molecule has 1 amide bonds. The van der Waals surface area contributed by atoms with Gasteiger partial charge in [0.15, 0.2) is 0 Å². The molecule has 2 atom stereocenters. The Labute approximate surface area is 154 Å². The number of carbonyl (C=O) groups excluding carboxylic acids is 1. The van der Waals surface area contributed by atoms with Crippen LogP contribution in [0.5, 0.6) is 0 Å². The van der Waals surface area contributed by atoms with Crippen molar-refractivity contribution < 1.29 is 14.7 Å². The van der Waals surface area contributed by atoms with E-state index in [4.69, 9.17) is 5.11 Å². The zero-order valence-electron chi connectivity index (χ0n) is 15.8. The second kappa shape index (κ2) is 8.65.